The van der Waals surface area contributed by atoms with Crippen LogP contribution in [0.1, 0.15) is 64.7 Å². The number of likely N-dealkylation sites (tertiary alicyclic amines) is 1. The van der Waals surface area contributed by atoms with Crippen LogP contribution in [0.25, 0.3) is 0 Å². The summed E-state index contributed by atoms with van der Waals surface area (Å²) in [7, 11) is 0. The number of hydrogen-bond acceptors (Lipinski definition) is 2. The SMILES string of the molecule is CC1CCC(NC(=O)N2CCCCCCC2)(C(=O)O)CC1. The molecular formula is C16H28N2O3. The van der Waals surface area contributed by atoms with Crippen LogP contribution >= 0.6 is 0 Å². The number of carboxylic acid groups (broad SMARTS) is 1. The Kier molecular flexibility index (Phi) is 5.48. The topological polar surface area (TPSA) is 69.6 Å². The number of carbonyl (C=O) groups is 2. The van der Waals surface area contributed by atoms with E-state index in [1.54, 1.807) is 0 Å². The first-order valence-corrected chi connectivity index (χ1v) is 8.34. The summed E-state index contributed by atoms with van der Waals surface area (Å²) in [5, 5.41) is 12.4. The van der Waals surface area contributed by atoms with Gasteiger partial charge in [-0.05, 0) is 44.4 Å². The number of hydrogen-bond donors (Lipinski definition) is 2. The first-order valence-electron chi connectivity index (χ1n) is 8.34. The maximum absolute atomic E-state index is 12.5. The van der Waals surface area contributed by atoms with Crippen molar-refractivity contribution in [2.45, 2.75) is 70.3 Å². The molecule has 1 aliphatic heterocycles. The van der Waals surface area contributed by atoms with Gasteiger partial charge in [-0.2, -0.15) is 0 Å². The smallest absolute Gasteiger partial charge is 0.329 e. The van der Waals surface area contributed by atoms with E-state index in [9.17, 15) is 14.7 Å². The van der Waals surface area contributed by atoms with Crippen LogP contribution in [0.5, 0.6) is 0 Å². The highest BCUT2D eigenvalue weighted by molar-refractivity contribution is 5.86. The predicted octanol–water partition coefficient (Wildman–Crippen LogP) is 3.00. The van der Waals surface area contributed by atoms with E-state index in [2.05, 4.69) is 12.2 Å². The number of carboxylic acids is 1. The Morgan fingerprint density at radius 1 is 1.05 bits per heavy atom. The molecule has 0 atom stereocenters. The fourth-order valence-corrected chi connectivity index (χ4v) is 3.38. The Morgan fingerprint density at radius 3 is 2.10 bits per heavy atom. The van der Waals surface area contributed by atoms with E-state index >= 15 is 0 Å². The number of rotatable bonds is 2. The first kappa shape index (κ1) is 16.1. The molecule has 21 heavy (non-hydrogen) atoms. The summed E-state index contributed by atoms with van der Waals surface area (Å²) in [5.41, 5.74) is -1.05. The standard InChI is InChI=1S/C16H28N2O3/c1-13-7-9-16(10-8-13,14(19)20)17-15(21)18-11-5-3-2-4-6-12-18/h13H,2-12H2,1H3,(H,17,21)(H,19,20). The van der Waals surface area contributed by atoms with E-state index < -0.39 is 11.5 Å². The average molecular weight is 296 g/mol. The van der Waals surface area contributed by atoms with Crippen molar-refractivity contribution in [1.29, 1.82) is 0 Å². The fraction of sp³-hybridized carbons (Fsp3) is 0.875. The largest absolute Gasteiger partial charge is 0.480 e. The molecule has 1 aliphatic carbocycles. The summed E-state index contributed by atoms with van der Waals surface area (Å²) in [4.78, 5) is 26.0. The summed E-state index contributed by atoms with van der Waals surface area (Å²) < 4.78 is 0. The van der Waals surface area contributed by atoms with Crippen molar-refractivity contribution in [2.24, 2.45) is 5.92 Å². The zero-order chi connectivity index (χ0) is 15.3. The Morgan fingerprint density at radius 2 is 1.57 bits per heavy atom. The molecule has 5 heteroatoms. The summed E-state index contributed by atoms with van der Waals surface area (Å²) >= 11 is 0. The Balaban J connectivity index is 1.98. The second-order valence-corrected chi connectivity index (χ2v) is 6.75. The van der Waals surface area contributed by atoms with Crippen LogP contribution in [0, 0.1) is 5.92 Å². The molecule has 2 aliphatic rings. The van der Waals surface area contributed by atoms with E-state index in [1.807, 2.05) is 4.90 Å². The van der Waals surface area contributed by atoms with Crippen LogP contribution < -0.4 is 5.32 Å². The predicted molar refractivity (Wildman–Crippen MR) is 81.2 cm³/mol. The van der Waals surface area contributed by atoms with E-state index in [4.69, 9.17) is 0 Å². The van der Waals surface area contributed by atoms with Crippen LogP contribution in [-0.4, -0.2) is 40.6 Å². The molecule has 5 nitrogen and oxygen atoms in total. The molecule has 120 valence electrons. The molecule has 0 radical (unpaired) electrons. The zero-order valence-corrected chi connectivity index (χ0v) is 13.1. The van der Waals surface area contributed by atoms with Gasteiger partial charge in [0.2, 0.25) is 0 Å². The maximum atomic E-state index is 12.5. The van der Waals surface area contributed by atoms with Crippen LogP contribution in [0.4, 0.5) is 4.79 Å². The summed E-state index contributed by atoms with van der Waals surface area (Å²) in [6.45, 7) is 3.64. The molecule has 2 rings (SSSR count). The van der Waals surface area contributed by atoms with Crippen molar-refractivity contribution < 1.29 is 14.7 Å². The molecule has 0 aromatic carbocycles. The van der Waals surface area contributed by atoms with E-state index in [0.717, 1.165) is 51.6 Å². The Labute approximate surface area is 127 Å². The molecule has 0 unspecified atom stereocenters. The average Bonchev–Trinajstić information content (AvgIpc) is 2.40. The minimum Gasteiger partial charge on any atom is -0.480 e. The monoisotopic (exact) mass is 296 g/mol. The number of urea groups is 1. The second-order valence-electron chi connectivity index (χ2n) is 6.75. The molecule has 2 N–H and O–H groups in total. The van der Waals surface area contributed by atoms with Gasteiger partial charge >= 0.3 is 12.0 Å². The van der Waals surface area contributed by atoms with Gasteiger partial charge in [0.1, 0.15) is 5.54 Å². The number of aliphatic carboxylic acids is 1. The van der Waals surface area contributed by atoms with Gasteiger partial charge in [0, 0.05) is 13.1 Å². The highest BCUT2D eigenvalue weighted by Gasteiger charge is 2.43. The molecule has 2 amide bonds. The maximum Gasteiger partial charge on any atom is 0.329 e. The molecule has 1 saturated heterocycles. The Bertz CT molecular complexity index is 368. The molecule has 1 saturated carbocycles. The van der Waals surface area contributed by atoms with E-state index in [-0.39, 0.29) is 6.03 Å². The molecule has 1 heterocycles. The summed E-state index contributed by atoms with van der Waals surface area (Å²) in [6, 6.07) is -0.186. The summed E-state index contributed by atoms with van der Waals surface area (Å²) in [5.74, 6) is -0.328. The molecular weight excluding hydrogens is 268 g/mol. The lowest BCUT2D eigenvalue weighted by Gasteiger charge is -2.38. The normalized spacial score (nSPS) is 31.1. The third-order valence-corrected chi connectivity index (χ3v) is 5.03. The van der Waals surface area contributed by atoms with Crippen molar-refractivity contribution in [3.8, 4) is 0 Å². The zero-order valence-electron chi connectivity index (χ0n) is 13.1. The quantitative estimate of drug-likeness (QED) is 0.823. The highest BCUT2D eigenvalue weighted by atomic mass is 16.4. The minimum atomic E-state index is -1.05. The van der Waals surface area contributed by atoms with E-state index in [0.29, 0.717) is 18.8 Å². The number of nitrogens with one attached hydrogen (secondary N) is 1. The van der Waals surface area contributed by atoms with Crippen molar-refractivity contribution in [2.75, 3.05) is 13.1 Å². The lowest BCUT2D eigenvalue weighted by atomic mass is 9.77. The summed E-state index contributed by atoms with van der Waals surface area (Å²) in [6.07, 6.45) is 8.42. The third kappa shape index (κ3) is 4.11. The van der Waals surface area contributed by atoms with E-state index in [1.165, 1.54) is 6.42 Å². The Hall–Kier alpha value is -1.26. The lowest BCUT2D eigenvalue weighted by Crippen LogP contribution is -2.59. The molecule has 0 aromatic heterocycles. The van der Waals surface area contributed by atoms with Crippen molar-refractivity contribution in [1.82, 2.24) is 10.2 Å². The first-order chi connectivity index (χ1) is 10.0. The van der Waals surface area contributed by atoms with Crippen LogP contribution in [0.2, 0.25) is 0 Å². The van der Waals surface area contributed by atoms with Gasteiger partial charge < -0.3 is 15.3 Å². The van der Waals surface area contributed by atoms with Gasteiger partial charge in [-0.25, -0.2) is 9.59 Å². The van der Waals surface area contributed by atoms with Crippen LogP contribution in [-0.2, 0) is 4.79 Å². The molecule has 0 aromatic rings. The minimum absolute atomic E-state index is 0.186. The van der Waals surface area contributed by atoms with Crippen molar-refractivity contribution in [3.05, 3.63) is 0 Å². The van der Waals surface area contributed by atoms with Crippen LogP contribution in [0.15, 0.2) is 0 Å². The third-order valence-electron chi connectivity index (χ3n) is 5.03. The van der Waals surface area contributed by atoms with Gasteiger partial charge in [0.05, 0.1) is 0 Å². The number of carbonyl (C=O) groups excluding carboxylic acids is 1. The highest BCUT2D eigenvalue weighted by Crippen LogP contribution is 2.32. The van der Waals surface area contributed by atoms with Gasteiger partial charge in [-0.1, -0.05) is 26.2 Å². The molecule has 0 spiro atoms. The lowest BCUT2D eigenvalue weighted by molar-refractivity contribution is -0.146. The van der Waals surface area contributed by atoms with Crippen molar-refractivity contribution in [3.63, 3.8) is 0 Å². The van der Waals surface area contributed by atoms with Crippen LogP contribution in [0.3, 0.4) is 0 Å². The van der Waals surface area contributed by atoms with Gasteiger partial charge in [0.15, 0.2) is 0 Å². The van der Waals surface area contributed by atoms with Gasteiger partial charge in [-0.15, -0.1) is 0 Å². The number of amides is 2. The number of nitrogens with zero attached hydrogens (tertiary/aromatic N) is 1. The van der Waals surface area contributed by atoms with Gasteiger partial charge in [0.25, 0.3) is 0 Å². The van der Waals surface area contributed by atoms with Gasteiger partial charge in [-0.3, -0.25) is 0 Å². The second kappa shape index (κ2) is 7.14. The fourth-order valence-electron chi connectivity index (χ4n) is 3.38. The molecule has 0 bridgehead atoms. The van der Waals surface area contributed by atoms with Crippen molar-refractivity contribution >= 4 is 12.0 Å². The molecule has 2 fully saturated rings.